The van der Waals surface area contributed by atoms with Crippen LogP contribution in [0.1, 0.15) is 55.4 Å². The Bertz CT molecular complexity index is 1060. The minimum atomic E-state index is -0.442. The van der Waals surface area contributed by atoms with E-state index in [2.05, 4.69) is 38.0 Å². The molecule has 3 rings (SSSR count). The molecule has 0 aromatic heterocycles. The predicted molar refractivity (Wildman–Crippen MR) is 125 cm³/mol. The number of rotatable bonds is 3. The van der Waals surface area contributed by atoms with Crippen molar-refractivity contribution in [2.45, 2.75) is 52.5 Å². The smallest absolute Gasteiger partial charge is 0.266 e. The first-order valence-electron chi connectivity index (χ1n) is 10.1. The molecule has 0 unspecified atom stereocenters. The molecule has 0 fully saturated rings. The summed E-state index contributed by atoms with van der Waals surface area (Å²) in [5.41, 5.74) is 5.79. The third-order valence-electron chi connectivity index (χ3n) is 5.90. The van der Waals surface area contributed by atoms with Gasteiger partial charge in [0.25, 0.3) is 5.91 Å². The predicted octanol–water partition coefficient (Wildman–Crippen LogP) is 6.22. The van der Waals surface area contributed by atoms with Crippen LogP contribution in [-0.4, -0.2) is 18.5 Å². The summed E-state index contributed by atoms with van der Waals surface area (Å²) in [7, 11) is 2.08. The standard InChI is InChI=1S/C25H28ClN3O/c1-15-7-16(2)9-20(8-15)28-24(30)19(14-27)10-18-11-21-17(3)13-25(4,5)29(6)23(21)12-22(18)26/h7-12,17H,13H2,1-6H3,(H,28,30)/b19-10-/t17-/m0/s1. The molecule has 1 atom stereocenters. The van der Waals surface area contributed by atoms with Crippen molar-refractivity contribution < 1.29 is 4.79 Å². The lowest BCUT2D eigenvalue weighted by Gasteiger charge is -2.45. The first-order chi connectivity index (χ1) is 14.0. The van der Waals surface area contributed by atoms with Gasteiger partial charge in [-0.2, -0.15) is 5.26 Å². The summed E-state index contributed by atoms with van der Waals surface area (Å²) in [6, 6.07) is 11.8. The Hall–Kier alpha value is -2.77. The van der Waals surface area contributed by atoms with Crippen molar-refractivity contribution in [2.75, 3.05) is 17.3 Å². The second kappa shape index (κ2) is 8.16. The Morgan fingerprint density at radius 2 is 1.87 bits per heavy atom. The molecule has 1 heterocycles. The van der Waals surface area contributed by atoms with E-state index in [0.29, 0.717) is 22.2 Å². The van der Waals surface area contributed by atoms with Crippen LogP contribution in [0.2, 0.25) is 5.02 Å². The summed E-state index contributed by atoms with van der Waals surface area (Å²) in [6.45, 7) is 10.6. The van der Waals surface area contributed by atoms with E-state index >= 15 is 0 Å². The van der Waals surface area contributed by atoms with Crippen LogP contribution in [0.4, 0.5) is 11.4 Å². The number of hydrogen-bond acceptors (Lipinski definition) is 3. The third-order valence-corrected chi connectivity index (χ3v) is 6.22. The molecule has 2 aromatic rings. The fourth-order valence-corrected chi connectivity index (χ4v) is 4.48. The SMILES string of the molecule is Cc1cc(C)cc(NC(=O)/C(C#N)=C\c2cc3c(cc2Cl)N(C)C(C)(C)C[C@@H]3C)c1. The van der Waals surface area contributed by atoms with Crippen molar-refractivity contribution in [3.05, 3.63) is 63.2 Å². The van der Waals surface area contributed by atoms with Gasteiger partial charge in [-0.3, -0.25) is 4.79 Å². The maximum absolute atomic E-state index is 12.7. The molecule has 0 radical (unpaired) electrons. The first-order valence-corrected chi connectivity index (χ1v) is 10.5. The molecule has 0 saturated heterocycles. The Kier molecular flexibility index (Phi) is 5.97. The summed E-state index contributed by atoms with van der Waals surface area (Å²) >= 11 is 6.56. The van der Waals surface area contributed by atoms with Gasteiger partial charge in [-0.15, -0.1) is 0 Å². The number of nitrogens with one attached hydrogen (secondary N) is 1. The second-order valence-corrected chi connectivity index (χ2v) is 9.32. The quantitative estimate of drug-likeness (QED) is 0.472. The summed E-state index contributed by atoms with van der Waals surface area (Å²) in [4.78, 5) is 15.0. The van der Waals surface area contributed by atoms with E-state index in [9.17, 15) is 10.1 Å². The van der Waals surface area contributed by atoms with Crippen LogP contribution < -0.4 is 10.2 Å². The van der Waals surface area contributed by atoms with Crippen molar-refractivity contribution in [2.24, 2.45) is 0 Å². The van der Waals surface area contributed by atoms with Crippen LogP contribution >= 0.6 is 11.6 Å². The number of carbonyl (C=O) groups is 1. The number of nitriles is 1. The maximum atomic E-state index is 12.7. The summed E-state index contributed by atoms with van der Waals surface area (Å²) < 4.78 is 0. The van der Waals surface area contributed by atoms with E-state index in [1.54, 1.807) is 6.08 Å². The summed E-state index contributed by atoms with van der Waals surface area (Å²) in [5.74, 6) is -0.0900. The number of amides is 1. The van der Waals surface area contributed by atoms with E-state index in [1.165, 1.54) is 5.56 Å². The number of carbonyl (C=O) groups excluding carboxylic acids is 1. The van der Waals surface area contributed by atoms with Gasteiger partial charge in [0.1, 0.15) is 11.6 Å². The highest BCUT2D eigenvalue weighted by Gasteiger charge is 2.34. The molecular weight excluding hydrogens is 394 g/mol. The zero-order chi connectivity index (χ0) is 22.2. The monoisotopic (exact) mass is 421 g/mol. The highest BCUT2D eigenvalue weighted by atomic mass is 35.5. The Balaban J connectivity index is 1.95. The molecule has 0 bridgehead atoms. The number of fused-ring (bicyclic) bond motifs is 1. The van der Waals surface area contributed by atoms with Crippen molar-refractivity contribution in [3.63, 3.8) is 0 Å². The van der Waals surface area contributed by atoms with Crippen LogP contribution in [0.15, 0.2) is 35.9 Å². The first kappa shape index (κ1) is 21.9. The number of nitrogens with zero attached hydrogens (tertiary/aromatic N) is 2. The van der Waals surface area contributed by atoms with Gasteiger partial charge in [-0.1, -0.05) is 24.6 Å². The van der Waals surface area contributed by atoms with Crippen LogP contribution in [0.25, 0.3) is 6.08 Å². The lowest BCUT2D eigenvalue weighted by Crippen LogP contribution is -2.45. The minimum absolute atomic E-state index is 0.0214. The van der Waals surface area contributed by atoms with Gasteiger partial charge in [-0.25, -0.2) is 0 Å². The van der Waals surface area contributed by atoms with Gasteiger partial charge in [0.2, 0.25) is 0 Å². The van der Waals surface area contributed by atoms with E-state index in [4.69, 9.17) is 11.6 Å². The van der Waals surface area contributed by atoms with Gasteiger partial charge < -0.3 is 10.2 Å². The minimum Gasteiger partial charge on any atom is -0.369 e. The third kappa shape index (κ3) is 4.37. The molecule has 1 aliphatic rings. The van der Waals surface area contributed by atoms with Gasteiger partial charge in [0.15, 0.2) is 0 Å². The zero-order valence-electron chi connectivity index (χ0n) is 18.4. The van der Waals surface area contributed by atoms with Gasteiger partial charge in [-0.05, 0) is 92.6 Å². The van der Waals surface area contributed by atoms with Crippen LogP contribution in [0.5, 0.6) is 0 Å². The van der Waals surface area contributed by atoms with Crippen molar-refractivity contribution >= 4 is 35.0 Å². The Labute approximate surface area is 184 Å². The highest BCUT2D eigenvalue weighted by Crippen LogP contribution is 2.44. The van der Waals surface area contributed by atoms with Crippen molar-refractivity contribution in [3.8, 4) is 6.07 Å². The number of halogens is 1. The fourth-order valence-electron chi connectivity index (χ4n) is 4.26. The van der Waals surface area contributed by atoms with Gasteiger partial charge in [0, 0.05) is 29.0 Å². The normalized spacial score (nSPS) is 17.9. The van der Waals surface area contributed by atoms with E-state index in [1.807, 2.05) is 50.2 Å². The molecule has 156 valence electrons. The molecule has 30 heavy (non-hydrogen) atoms. The van der Waals surface area contributed by atoms with E-state index in [-0.39, 0.29) is 11.1 Å². The van der Waals surface area contributed by atoms with Crippen LogP contribution in [0, 0.1) is 25.2 Å². The molecule has 1 amide bonds. The summed E-state index contributed by atoms with van der Waals surface area (Å²) in [6.07, 6.45) is 2.59. The summed E-state index contributed by atoms with van der Waals surface area (Å²) in [5, 5.41) is 13.0. The van der Waals surface area contributed by atoms with Crippen LogP contribution in [0.3, 0.4) is 0 Å². The molecule has 0 aliphatic carbocycles. The average Bonchev–Trinajstić information content (AvgIpc) is 2.63. The second-order valence-electron chi connectivity index (χ2n) is 8.91. The largest absolute Gasteiger partial charge is 0.369 e. The number of benzene rings is 2. The molecular formula is C25H28ClN3O. The molecule has 0 saturated carbocycles. The topological polar surface area (TPSA) is 56.1 Å². The lowest BCUT2D eigenvalue weighted by molar-refractivity contribution is -0.112. The highest BCUT2D eigenvalue weighted by molar-refractivity contribution is 6.32. The molecule has 5 heteroatoms. The Morgan fingerprint density at radius 3 is 2.47 bits per heavy atom. The zero-order valence-corrected chi connectivity index (χ0v) is 19.2. The van der Waals surface area contributed by atoms with Gasteiger partial charge >= 0.3 is 0 Å². The lowest BCUT2D eigenvalue weighted by atomic mass is 9.80. The average molecular weight is 422 g/mol. The molecule has 1 aliphatic heterocycles. The number of aryl methyl sites for hydroxylation is 2. The van der Waals surface area contributed by atoms with Crippen LogP contribution in [-0.2, 0) is 4.79 Å². The molecule has 2 aromatic carbocycles. The van der Waals surface area contributed by atoms with Crippen molar-refractivity contribution in [1.29, 1.82) is 5.26 Å². The van der Waals surface area contributed by atoms with Crippen molar-refractivity contribution in [1.82, 2.24) is 0 Å². The van der Waals surface area contributed by atoms with E-state index < -0.39 is 5.91 Å². The van der Waals surface area contributed by atoms with E-state index in [0.717, 1.165) is 23.2 Å². The number of hydrogen-bond donors (Lipinski definition) is 1. The Morgan fingerprint density at radius 1 is 1.23 bits per heavy atom. The van der Waals surface area contributed by atoms with Gasteiger partial charge in [0.05, 0.1) is 0 Å². The maximum Gasteiger partial charge on any atom is 0.266 e. The number of anilines is 2. The molecule has 0 spiro atoms. The molecule has 4 nitrogen and oxygen atoms in total. The molecule has 1 N–H and O–H groups in total. The fraction of sp³-hybridized carbons (Fsp3) is 0.360.